The highest BCUT2D eigenvalue weighted by Gasteiger charge is 2.21. The summed E-state index contributed by atoms with van der Waals surface area (Å²) in [6.45, 7) is 1.34. The molecule has 1 amide bonds. The monoisotopic (exact) mass is 241 g/mol. The minimum absolute atomic E-state index is 0.301. The van der Waals surface area contributed by atoms with Crippen molar-refractivity contribution >= 4 is 23.5 Å². The van der Waals surface area contributed by atoms with E-state index in [-0.39, 0.29) is 5.91 Å². The number of hydrogen-bond acceptors (Lipinski definition) is 3. The first-order chi connectivity index (χ1) is 7.54. The summed E-state index contributed by atoms with van der Waals surface area (Å²) in [7, 11) is 1.27. The SMILES string of the molecule is COC(=O)C(NC(C)=O)c1ccc(Cl)cc1. The van der Waals surface area contributed by atoms with Crippen LogP contribution in [0.3, 0.4) is 0 Å². The second kappa shape index (κ2) is 5.51. The van der Waals surface area contributed by atoms with Gasteiger partial charge in [0.05, 0.1) is 7.11 Å². The molecule has 0 heterocycles. The fourth-order valence-corrected chi connectivity index (χ4v) is 1.38. The first-order valence-electron chi connectivity index (χ1n) is 4.65. The van der Waals surface area contributed by atoms with E-state index in [4.69, 9.17) is 11.6 Å². The number of esters is 1. The number of hydrogen-bond donors (Lipinski definition) is 1. The van der Waals surface area contributed by atoms with E-state index < -0.39 is 12.0 Å². The van der Waals surface area contributed by atoms with Gasteiger partial charge in [-0.05, 0) is 17.7 Å². The molecule has 1 unspecified atom stereocenters. The van der Waals surface area contributed by atoms with Gasteiger partial charge in [0.25, 0.3) is 0 Å². The van der Waals surface area contributed by atoms with E-state index in [1.165, 1.54) is 14.0 Å². The highest BCUT2D eigenvalue weighted by atomic mass is 35.5. The Morgan fingerprint density at radius 2 is 1.88 bits per heavy atom. The summed E-state index contributed by atoms with van der Waals surface area (Å²) in [6.07, 6.45) is 0. The molecule has 1 rings (SSSR count). The van der Waals surface area contributed by atoms with E-state index in [0.29, 0.717) is 10.6 Å². The van der Waals surface area contributed by atoms with Gasteiger partial charge in [-0.3, -0.25) is 4.79 Å². The Morgan fingerprint density at radius 1 is 1.31 bits per heavy atom. The molecule has 0 aliphatic heterocycles. The predicted molar refractivity (Wildman–Crippen MR) is 60.0 cm³/mol. The van der Waals surface area contributed by atoms with E-state index in [1.54, 1.807) is 24.3 Å². The molecule has 0 bridgehead atoms. The van der Waals surface area contributed by atoms with Crippen LogP contribution in [0.25, 0.3) is 0 Å². The van der Waals surface area contributed by atoms with Crippen LogP contribution in [-0.4, -0.2) is 19.0 Å². The second-order valence-electron chi connectivity index (χ2n) is 3.21. The first kappa shape index (κ1) is 12.5. The zero-order valence-corrected chi connectivity index (χ0v) is 9.75. The average molecular weight is 242 g/mol. The van der Waals surface area contributed by atoms with E-state index in [0.717, 1.165) is 0 Å². The van der Waals surface area contributed by atoms with Crippen LogP contribution < -0.4 is 5.32 Å². The Bertz CT molecular complexity index is 389. The summed E-state index contributed by atoms with van der Waals surface area (Å²) in [5.74, 6) is -0.817. The fraction of sp³-hybridized carbons (Fsp3) is 0.273. The van der Waals surface area contributed by atoms with Crippen molar-refractivity contribution < 1.29 is 14.3 Å². The van der Waals surface area contributed by atoms with Crippen LogP contribution in [0, 0.1) is 0 Å². The van der Waals surface area contributed by atoms with Crippen LogP contribution in [0.1, 0.15) is 18.5 Å². The molecule has 5 heteroatoms. The standard InChI is InChI=1S/C11H12ClNO3/c1-7(14)13-10(11(15)16-2)8-3-5-9(12)6-4-8/h3-6,10H,1-2H3,(H,13,14). The molecule has 1 atom stereocenters. The number of methoxy groups -OCH3 is 1. The molecule has 0 spiro atoms. The quantitative estimate of drug-likeness (QED) is 0.820. The van der Waals surface area contributed by atoms with Crippen molar-refractivity contribution in [3.63, 3.8) is 0 Å². The van der Waals surface area contributed by atoms with Crippen LogP contribution in [0.5, 0.6) is 0 Å². The van der Waals surface area contributed by atoms with Crippen LogP contribution in [-0.2, 0) is 14.3 Å². The Kier molecular flexibility index (Phi) is 4.31. The molecule has 4 nitrogen and oxygen atoms in total. The number of nitrogens with one attached hydrogen (secondary N) is 1. The van der Waals surface area contributed by atoms with E-state index in [1.807, 2.05) is 0 Å². The largest absolute Gasteiger partial charge is 0.467 e. The van der Waals surface area contributed by atoms with Gasteiger partial charge in [0, 0.05) is 11.9 Å². The molecule has 0 saturated heterocycles. The third-order valence-electron chi connectivity index (χ3n) is 1.99. The van der Waals surface area contributed by atoms with Crippen molar-refractivity contribution in [1.29, 1.82) is 0 Å². The molecule has 16 heavy (non-hydrogen) atoms. The first-order valence-corrected chi connectivity index (χ1v) is 5.02. The van der Waals surface area contributed by atoms with Gasteiger partial charge >= 0.3 is 5.97 Å². The zero-order chi connectivity index (χ0) is 12.1. The van der Waals surface area contributed by atoms with Crippen molar-refractivity contribution in [2.24, 2.45) is 0 Å². The predicted octanol–water partition coefficient (Wildman–Crippen LogP) is 1.69. The number of ether oxygens (including phenoxy) is 1. The number of benzene rings is 1. The maximum atomic E-state index is 11.5. The van der Waals surface area contributed by atoms with Gasteiger partial charge in [-0.15, -0.1) is 0 Å². The molecule has 0 aliphatic carbocycles. The molecular formula is C11H12ClNO3. The topological polar surface area (TPSA) is 55.4 Å². The summed E-state index contributed by atoms with van der Waals surface area (Å²) >= 11 is 5.73. The smallest absolute Gasteiger partial charge is 0.333 e. The van der Waals surface area contributed by atoms with Crippen molar-refractivity contribution in [2.75, 3.05) is 7.11 Å². The third kappa shape index (κ3) is 3.24. The van der Waals surface area contributed by atoms with Gasteiger partial charge in [-0.25, -0.2) is 4.79 Å². The van der Waals surface area contributed by atoms with Gasteiger partial charge in [0.15, 0.2) is 6.04 Å². The summed E-state index contributed by atoms with van der Waals surface area (Å²) in [5.41, 5.74) is 0.631. The van der Waals surface area contributed by atoms with Gasteiger partial charge in [0.2, 0.25) is 5.91 Å². The summed E-state index contributed by atoms with van der Waals surface area (Å²) < 4.78 is 4.61. The maximum absolute atomic E-state index is 11.5. The molecule has 0 aliphatic rings. The molecule has 0 radical (unpaired) electrons. The van der Waals surface area contributed by atoms with Gasteiger partial charge in [-0.1, -0.05) is 23.7 Å². The van der Waals surface area contributed by atoms with Crippen molar-refractivity contribution in [2.45, 2.75) is 13.0 Å². The highest BCUT2D eigenvalue weighted by Crippen LogP contribution is 2.17. The number of halogens is 1. The van der Waals surface area contributed by atoms with Crippen molar-refractivity contribution in [3.8, 4) is 0 Å². The lowest BCUT2D eigenvalue weighted by Gasteiger charge is -2.15. The van der Waals surface area contributed by atoms with Crippen LogP contribution in [0.4, 0.5) is 0 Å². The number of carbonyl (C=O) groups excluding carboxylic acids is 2. The molecular weight excluding hydrogens is 230 g/mol. The third-order valence-corrected chi connectivity index (χ3v) is 2.24. The minimum Gasteiger partial charge on any atom is -0.467 e. The van der Waals surface area contributed by atoms with Crippen LogP contribution in [0.2, 0.25) is 5.02 Å². The summed E-state index contributed by atoms with van der Waals surface area (Å²) in [4.78, 5) is 22.4. The highest BCUT2D eigenvalue weighted by molar-refractivity contribution is 6.30. The molecule has 1 N–H and O–H groups in total. The number of carbonyl (C=O) groups is 2. The van der Waals surface area contributed by atoms with Gasteiger partial charge < -0.3 is 10.1 Å². The van der Waals surface area contributed by atoms with E-state index >= 15 is 0 Å². The Labute approximate surface area is 98.5 Å². The molecule has 86 valence electrons. The molecule has 1 aromatic carbocycles. The lowest BCUT2D eigenvalue weighted by molar-refractivity contribution is -0.145. The van der Waals surface area contributed by atoms with Gasteiger partial charge in [0.1, 0.15) is 0 Å². The van der Waals surface area contributed by atoms with Crippen molar-refractivity contribution in [1.82, 2.24) is 5.32 Å². The normalized spacial score (nSPS) is 11.7. The van der Waals surface area contributed by atoms with Crippen LogP contribution in [0.15, 0.2) is 24.3 Å². The minimum atomic E-state index is -0.792. The fourth-order valence-electron chi connectivity index (χ4n) is 1.25. The Hall–Kier alpha value is -1.55. The molecule has 0 aromatic heterocycles. The number of amides is 1. The maximum Gasteiger partial charge on any atom is 0.333 e. The summed E-state index contributed by atoms with van der Waals surface area (Å²) in [5, 5.41) is 3.07. The second-order valence-corrected chi connectivity index (χ2v) is 3.64. The van der Waals surface area contributed by atoms with Crippen LogP contribution >= 0.6 is 11.6 Å². The summed E-state index contributed by atoms with van der Waals surface area (Å²) in [6, 6.07) is 5.84. The molecule has 0 saturated carbocycles. The lowest BCUT2D eigenvalue weighted by atomic mass is 10.1. The Balaban J connectivity index is 2.96. The van der Waals surface area contributed by atoms with Crippen molar-refractivity contribution in [3.05, 3.63) is 34.9 Å². The van der Waals surface area contributed by atoms with E-state index in [9.17, 15) is 9.59 Å². The molecule has 1 aromatic rings. The van der Waals surface area contributed by atoms with Gasteiger partial charge in [-0.2, -0.15) is 0 Å². The average Bonchev–Trinajstić information content (AvgIpc) is 2.26. The molecule has 0 fully saturated rings. The number of rotatable bonds is 3. The Morgan fingerprint density at radius 3 is 2.31 bits per heavy atom. The lowest BCUT2D eigenvalue weighted by Crippen LogP contribution is -2.32. The zero-order valence-electron chi connectivity index (χ0n) is 8.99. The van der Waals surface area contributed by atoms with E-state index in [2.05, 4.69) is 10.1 Å².